The summed E-state index contributed by atoms with van der Waals surface area (Å²) >= 11 is 0. The first-order valence-corrected chi connectivity index (χ1v) is 11.4. The topological polar surface area (TPSA) is 24.7 Å². The molecule has 0 aliphatic rings. The van der Waals surface area contributed by atoms with Gasteiger partial charge in [-0.15, -0.1) is 0 Å². The molecule has 0 amide bonds. The average Bonchev–Trinajstić information content (AvgIpc) is 2.83. The van der Waals surface area contributed by atoms with Crippen molar-refractivity contribution >= 4 is 22.8 Å². The Kier molecular flexibility index (Phi) is 6.95. The first-order chi connectivity index (χ1) is 16.0. The zero-order valence-corrected chi connectivity index (χ0v) is 19.8. The van der Waals surface area contributed by atoms with Crippen molar-refractivity contribution in [1.82, 2.24) is 0 Å². The molecule has 0 aromatic heterocycles. The quantitative estimate of drug-likeness (QED) is 0.275. The molecule has 0 spiro atoms. The largest absolute Gasteiger partial charge is 0.252 e. The molecule has 164 valence electrons. The van der Waals surface area contributed by atoms with Crippen LogP contribution in [-0.4, -0.2) is 11.4 Å². The summed E-state index contributed by atoms with van der Waals surface area (Å²) < 4.78 is 0. The highest BCUT2D eigenvalue weighted by Crippen LogP contribution is 2.28. The summed E-state index contributed by atoms with van der Waals surface area (Å²) in [4.78, 5) is 10.4. The summed E-state index contributed by atoms with van der Waals surface area (Å²) in [5.74, 6) is 0. The highest BCUT2D eigenvalue weighted by Gasteiger charge is 2.14. The van der Waals surface area contributed by atoms with E-state index in [-0.39, 0.29) is 0 Å². The molecule has 0 saturated heterocycles. The number of hydrogen-bond acceptors (Lipinski definition) is 2. The van der Waals surface area contributed by atoms with Crippen LogP contribution in [0, 0.1) is 27.7 Å². The molecule has 0 aliphatic heterocycles. The first-order valence-electron chi connectivity index (χ1n) is 11.4. The van der Waals surface area contributed by atoms with Gasteiger partial charge in [0.25, 0.3) is 0 Å². The third kappa shape index (κ3) is 5.35. The molecule has 2 nitrogen and oxygen atoms in total. The van der Waals surface area contributed by atoms with E-state index in [0.29, 0.717) is 6.42 Å². The van der Waals surface area contributed by atoms with E-state index in [4.69, 9.17) is 9.98 Å². The molecule has 4 aromatic rings. The van der Waals surface area contributed by atoms with E-state index >= 15 is 0 Å². The Hall–Kier alpha value is -3.78. The summed E-state index contributed by atoms with van der Waals surface area (Å²) in [7, 11) is 0. The third-order valence-electron chi connectivity index (χ3n) is 5.92. The lowest BCUT2D eigenvalue weighted by Crippen LogP contribution is -2.11. The summed E-state index contributed by atoms with van der Waals surface area (Å²) in [6.45, 7) is 8.49. The van der Waals surface area contributed by atoms with Crippen LogP contribution >= 0.6 is 0 Å². The van der Waals surface area contributed by atoms with E-state index in [1.54, 1.807) is 0 Å². The molecule has 0 unspecified atom stereocenters. The van der Waals surface area contributed by atoms with E-state index in [2.05, 4.69) is 113 Å². The van der Waals surface area contributed by atoms with Gasteiger partial charge >= 0.3 is 0 Å². The van der Waals surface area contributed by atoms with Crippen LogP contribution in [-0.2, 0) is 0 Å². The van der Waals surface area contributed by atoms with Crippen molar-refractivity contribution in [3.8, 4) is 0 Å². The molecule has 0 atom stereocenters. The van der Waals surface area contributed by atoms with Crippen molar-refractivity contribution in [1.29, 1.82) is 0 Å². The van der Waals surface area contributed by atoms with Crippen LogP contribution in [0.1, 0.15) is 39.8 Å². The summed E-state index contributed by atoms with van der Waals surface area (Å²) in [5, 5.41) is 0. The van der Waals surface area contributed by atoms with Gasteiger partial charge in [-0.05, 0) is 61.1 Å². The van der Waals surface area contributed by atoms with Crippen molar-refractivity contribution in [3.63, 3.8) is 0 Å². The Morgan fingerprint density at radius 3 is 1.12 bits per heavy atom. The number of hydrogen-bond donors (Lipinski definition) is 0. The lowest BCUT2D eigenvalue weighted by molar-refractivity contribution is 1.29. The molecule has 0 bridgehead atoms. The summed E-state index contributed by atoms with van der Waals surface area (Å²) in [5.41, 5.74) is 11.0. The summed E-state index contributed by atoms with van der Waals surface area (Å²) in [6, 6.07) is 33.6. The van der Waals surface area contributed by atoms with Crippen LogP contribution in [0.3, 0.4) is 0 Å². The van der Waals surface area contributed by atoms with Gasteiger partial charge in [-0.2, -0.15) is 0 Å². The maximum Gasteiger partial charge on any atom is 0.0691 e. The van der Waals surface area contributed by atoms with Gasteiger partial charge in [0.05, 0.1) is 22.8 Å². The fourth-order valence-electron chi connectivity index (χ4n) is 4.07. The summed E-state index contributed by atoms with van der Waals surface area (Å²) in [6.07, 6.45) is 0.634. The molecule has 2 heteroatoms. The van der Waals surface area contributed by atoms with E-state index in [1.165, 1.54) is 22.3 Å². The monoisotopic (exact) mass is 430 g/mol. The normalized spacial score (nSPS) is 12.1. The highest BCUT2D eigenvalue weighted by molar-refractivity contribution is 6.19. The van der Waals surface area contributed by atoms with Crippen LogP contribution in [0.2, 0.25) is 0 Å². The third-order valence-corrected chi connectivity index (χ3v) is 5.92. The molecule has 4 rings (SSSR count). The fraction of sp³-hybridized carbons (Fsp3) is 0.161. The van der Waals surface area contributed by atoms with Gasteiger partial charge in [0.1, 0.15) is 0 Å². The lowest BCUT2D eigenvalue weighted by Gasteiger charge is -2.14. The van der Waals surface area contributed by atoms with Crippen LogP contribution in [0.4, 0.5) is 11.4 Å². The van der Waals surface area contributed by atoms with Gasteiger partial charge in [-0.1, -0.05) is 97.1 Å². The highest BCUT2D eigenvalue weighted by atomic mass is 14.8. The minimum absolute atomic E-state index is 0.634. The minimum atomic E-state index is 0.634. The Bertz CT molecular complexity index is 1160. The van der Waals surface area contributed by atoms with Gasteiger partial charge < -0.3 is 0 Å². The van der Waals surface area contributed by atoms with Crippen LogP contribution in [0.15, 0.2) is 107 Å². The number of aryl methyl sites for hydroxylation is 4. The maximum atomic E-state index is 5.22. The SMILES string of the molecule is Cc1cccc(C)c1/N=C(\C/C(=N\c1c(C)cccc1C)c1ccccc1)c1ccccc1. The van der Waals surface area contributed by atoms with Crippen LogP contribution < -0.4 is 0 Å². The second-order valence-electron chi connectivity index (χ2n) is 8.51. The Morgan fingerprint density at radius 1 is 0.455 bits per heavy atom. The van der Waals surface area contributed by atoms with Crippen LogP contribution in [0.5, 0.6) is 0 Å². The van der Waals surface area contributed by atoms with Crippen LogP contribution in [0.25, 0.3) is 0 Å². The molecule has 4 aromatic carbocycles. The molecular weight excluding hydrogens is 400 g/mol. The van der Waals surface area contributed by atoms with Gasteiger partial charge in [-0.3, -0.25) is 9.98 Å². The van der Waals surface area contributed by atoms with Crippen molar-refractivity contribution < 1.29 is 0 Å². The fourth-order valence-corrected chi connectivity index (χ4v) is 4.07. The van der Waals surface area contributed by atoms with Gasteiger partial charge in [0, 0.05) is 6.42 Å². The van der Waals surface area contributed by atoms with E-state index in [0.717, 1.165) is 33.9 Å². The zero-order chi connectivity index (χ0) is 23.2. The molecule has 0 aliphatic carbocycles. The Balaban J connectivity index is 1.89. The van der Waals surface area contributed by atoms with Crippen molar-refractivity contribution in [2.75, 3.05) is 0 Å². The number of nitrogens with zero attached hydrogens (tertiary/aromatic N) is 2. The maximum absolute atomic E-state index is 5.22. The van der Waals surface area contributed by atoms with Gasteiger partial charge in [0.2, 0.25) is 0 Å². The molecule has 0 radical (unpaired) electrons. The van der Waals surface area contributed by atoms with Crippen molar-refractivity contribution in [3.05, 3.63) is 130 Å². The number of aliphatic imine (C=N–C) groups is 2. The first kappa shape index (κ1) is 22.4. The zero-order valence-electron chi connectivity index (χ0n) is 19.8. The lowest BCUT2D eigenvalue weighted by atomic mass is 9.98. The number of para-hydroxylation sites is 2. The van der Waals surface area contributed by atoms with Gasteiger partial charge in [-0.25, -0.2) is 0 Å². The standard InChI is InChI=1S/C31H30N2/c1-22-13-11-14-23(2)30(22)32-28(26-17-7-5-8-18-26)21-29(27-19-9-6-10-20-27)33-31-24(3)15-12-16-25(31)4/h5-20H,21H2,1-4H3/b32-28+,33-29+. The van der Waals surface area contributed by atoms with E-state index < -0.39 is 0 Å². The molecular formula is C31H30N2. The van der Waals surface area contributed by atoms with Gasteiger partial charge in [0.15, 0.2) is 0 Å². The molecule has 0 fully saturated rings. The smallest absolute Gasteiger partial charge is 0.0691 e. The van der Waals surface area contributed by atoms with Crippen molar-refractivity contribution in [2.24, 2.45) is 9.98 Å². The average molecular weight is 431 g/mol. The minimum Gasteiger partial charge on any atom is -0.252 e. The molecule has 33 heavy (non-hydrogen) atoms. The second-order valence-corrected chi connectivity index (χ2v) is 8.51. The number of rotatable bonds is 6. The predicted octanol–water partition coefficient (Wildman–Crippen LogP) is 8.25. The predicted molar refractivity (Wildman–Crippen MR) is 142 cm³/mol. The molecule has 0 saturated carbocycles. The Labute approximate surface area is 197 Å². The molecule has 0 heterocycles. The van der Waals surface area contributed by atoms with E-state index in [1.807, 2.05) is 12.1 Å². The second kappa shape index (κ2) is 10.2. The van der Waals surface area contributed by atoms with Crippen molar-refractivity contribution in [2.45, 2.75) is 34.1 Å². The van der Waals surface area contributed by atoms with E-state index in [9.17, 15) is 0 Å². The number of benzene rings is 4. The molecule has 0 N–H and O–H groups in total. The Morgan fingerprint density at radius 2 is 0.788 bits per heavy atom.